The van der Waals surface area contributed by atoms with Crippen molar-refractivity contribution < 1.29 is 38.7 Å². The Labute approximate surface area is 160 Å². The molecule has 27 heavy (non-hydrogen) atoms. The van der Waals surface area contributed by atoms with Crippen molar-refractivity contribution in [1.82, 2.24) is 0 Å². The van der Waals surface area contributed by atoms with Crippen LogP contribution in [0.3, 0.4) is 0 Å². The third kappa shape index (κ3) is 4.56. The van der Waals surface area contributed by atoms with E-state index in [2.05, 4.69) is 0 Å². The Kier molecular flexibility index (Phi) is 7.13. The topological polar surface area (TPSA) is 104 Å². The van der Waals surface area contributed by atoms with E-state index in [4.69, 9.17) is 23.7 Å². The molecule has 0 aromatic carbocycles. The second-order valence-electron chi connectivity index (χ2n) is 6.91. The van der Waals surface area contributed by atoms with Crippen molar-refractivity contribution in [2.45, 2.75) is 90.2 Å². The van der Waals surface area contributed by atoms with Crippen LogP contribution < -0.4 is 0 Å². The minimum atomic E-state index is -1.34. The monoisotopic (exact) mass is 388 g/mol. The number of hydrogen-bond acceptors (Lipinski definition) is 8. The van der Waals surface area contributed by atoms with Gasteiger partial charge in [-0.1, -0.05) is 27.7 Å². The summed E-state index contributed by atoms with van der Waals surface area (Å²) in [5.74, 6) is -2.46. The number of carbonyl (C=O) groups excluding carboxylic acids is 1. The highest BCUT2D eigenvalue weighted by atomic mass is 16.8. The number of aliphatic hydroxyl groups excluding tert-OH is 2. The minimum absolute atomic E-state index is 0.0709. The summed E-state index contributed by atoms with van der Waals surface area (Å²) in [4.78, 5) is 11.2. The summed E-state index contributed by atoms with van der Waals surface area (Å²) in [7, 11) is 0. The molecular weight excluding hydrogens is 356 g/mol. The zero-order chi connectivity index (χ0) is 20.2. The first-order valence-corrected chi connectivity index (χ1v) is 9.68. The maximum Gasteiger partial charge on any atom is 0.302 e. The number of esters is 1. The third-order valence-corrected chi connectivity index (χ3v) is 5.30. The minimum Gasteiger partial charge on any atom is -0.506 e. The van der Waals surface area contributed by atoms with Crippen molar-refractivity contribution >= 4 is 5.97 Å². The highest BCUT2D eigenvalue weighted by Crippen LogP contribution is 2.40. The number of rotatable bonds is 8. The van der Waals surface area contributed by atoms with Crippen LogP contribution in [0.15, 0.2) is 11.5 Å². The number of ether oxygens (including phenoxy) is 5. The van der Waals surface area contributed by atoms with Crippen LogP contribution in [0.1, 0.15) is 60.3 Å². The van der Waals surface area contributed by atoms with Gasteiger partial charge in [0, 0.05) is 19.8 Å². The predicted molar refractivity (Wildman–Crippen MR) is 95.7 cm³/mol. The highest BCUT2D eigenvalue weighted by Gasteiger charge is 2.48. The van der Waals surface area contributed by atoms with Crippen LogP contribution in [0.4, 0.5) is 0 Å². The lowest BCUT2D eigenvalue weighted by Crippen LogP contribution is -2.35. The molecule has 0 aromatic heterocycles. The molecular formula is C19H32O8. The number of hydrogen-bond donors (Lipinski definition) is 2. The second-order valence-corrected chi connectivity index (χ2v) is 6.91. The first-order valence-electron chi connectivity index (χ1n) is 9.68. The van der Waals surface area contributed by atoms with Crippen LogP contribution in [0, 0.1) is 0 Å². The lowest BCUT2D eigenvalue weighted by Gasteiger charge is -2.26. The van der Waals surface area contributed by atoms with Gasteiger partial charge in [-0.2, -0.15) is 0 Å². The first kappa shape index (κ1) is 21.9. The second kappa shape index (κ2) is 8.77. The van der Waals surface area contributed by atoms with Gasteiger partial charge in [-0.15, -0.1) is 0 Å². The smallest absolute Gasteiger partial charge is 0.302 e. The standard InChI is InChI=1S/C19H32O8/c1-6-18(7-2)24-11-13(25-18)15(21)16(22)17-14(10-23-12(5)20)26-19(8-3,9-4)27-17/h13-15,21-22H,6-11H2,1-5H3/b17-16+. The summed E-state index contributed by atoms with van der Waals surface area (Å²) in [6.07, 6.45) is -0.536. The number of aliphatic hydroxyl groups is 2. The van der Waals surface area contributed by atoms with Gasteiger partial charge in [-0.3, -0.25) is 4.79 Å². The molecule has 2 fully saturated rings. The molecule has 3 atom stereocenters. The summed E-state index contributed by atoms with van der Waals surface area (Å²) < 4.78 is 28.5. The summed E-state index contributed by atoms with van der Waals surface area (Å²) in [6.45, 7) is 9.01. The van der Waals surface area contributed by atoms with E-state index in [0.717, 1.165) is 0 Å². The highest BCUT2D eigenvalue weighted by molar-refractivity contribution is 5.65. The molecule has 156 valence electrons. The fourth-order valence-corrected chi connectivity index (χ4v) is 3.36. The van der Waals surface area contributed by atoms with Crippen LogP contribution in [0.2, 0.25) is 0 Å². The van der Waals surface area contributed by atoms with E-state index in [-0.39, 0.29) is 24.7 Å². The predicted octanol–water partition coefficient (Wildman–Crippen LogP) is 2.54. The van der Waals surface area contributed by atoms with Crippen LogP contribution in [0.5, 0.6) is 0 Å². The molecule has 2 heterocycles. The van der Waals surface area contributed by atoms with Gasteiger partial charge < -0.3 is 33.9 Å². The van der Waals surface area contributed by atoms with Gasteiger partial charge in [0.2, 0.25) is 5.79 Å². The maximum atomic E-state index is 11.2. The van der Waals surface area contributed by atoms with Crippen molar-refractivity contribution in [3.8, 4) is 0 Å². The fraction of sp³-hybridized carbons (Fsp3) is 0.842. The van der Waals surface area contributed by atoms with Gasteiger partial charge in [0.15, 0.2) is 23.4 Å². The van der Waals surface area contributed by atoms with Gasteiger partial charge >= 0.3 is 5.97 Å². The SMILES string of the molecule is CCC1(CC)O/C(=C(/O)C(O)C2COC(CC)(CC)O2)C(COC(C)=O)O1. The van der Waals surface area contributed by atoms with E-state index in [9.17, 15) is 15.0 Å². The van der Waals surface area contributed by atoms with Crippen molar-refractivity contribution in [2.24, 2.45) is 0 Å². The van der Waals surface area contributed by atoms with Crippen LogP contribution in [-0.2, 0) is 28.5 Å². The largest absolute Gasteiger partial charge is 0.506 e. The summed E-state index contributed by atoms with van der Waals surface area (Å²) in [6, 6.07) is 0. The average molecular weight is 388 g/mol. The van der Waals surface area contributed by atoms with Gasteiger partial charge in [-0.05, 0) is 12.8 Å². The Bertz CT molecular complexity index is 550. The summed E-state index contributed by atoms with van der Waals surface area (Å²) in [5, 5.41) is 21.4. The first-order chi connectivity index (χ1) is 12.7. The quantitative estimate of drug-likeness (QED) is 0.483. The van der Waals surface area contributed by atoms with Crippen LogP contribution >= 0.6 is 0 Å². The Morgan fingerprint density at radius 1 is 1.15 bits per heavy atom. The molecule has 8 heteroatoms. The van der Waals surface area contributed by atoms with Gasteiger partial charge in [0.1, 0.15) is 18.8 Å². The van der Waals surface area contributed by atoms with E-state index < -0.39 is 35.9 Å². The van der Waals surface area contributed by atoms with Crippen LogP contribution in [-0.4, -0.2) is 59.3 Å². The molecule has 0 radical (unpaired) electrons. The summed E-state index contributed by atoms with van der Waals surface area (Å²) >= 11 is 0. The van der Waals surface area contributed by atoms with E-state index in [1.165, 1.54) is 6.92 Å². The van der Waals surface area contributed by atoms with Crippen LogP contribution in [0.25, 0.3) is 0 Å². The summed E-state index contributed by atoms with van der Waals surface area (Å²) in [5.41, 5.74) is 0. The van der Waals surface area contributed by atoms with Gasteiger partial charge in [0.05, 0.1) is 6.61 Å². The average Bonchev–Trinajstić information content (AvgIpc) is 3.28. The Morgan fingerprint density at radius 2 is 1.74 bits per heavy atom. The maximum absolute atomic E-state index is 11.2. The zero-order valence-corrected chi connectivity index (χ0v) is 16.8. The van der Waals surface area contributed by atoms with E-state index in [1.54, 1.807) is 0 Å². The normalized spacial score (nSPS) is 29.3. The molecule has 0 bridgehead atoms. The molecule has 0 amide bonds. The Morgan fingerprint density at radius 3 is 2.22 bits per heavy atom. The lowest BCUT2D eigenvalue weighted by molar-refractivity contribution is -0.181. The molecule has 0 aromatic rings. The van der Waals surface area contributed by atoms with Crippen molar-refractivity contribution in [2.75, 3.05) is 13.2 Å². The van der Waals surface area contributed by atoms with Crippen molar-refractivity contribution in [1.29, 1.82) is 0 Å². The third-order valence-electron chi connectivity index (χ3n) is 5.30. The lowest BCUT2D eigenvalue weighted by atomic mass is 10.1. The molecule has 2 aliphatic heterocycles. The molecule has 0 aliphatic carbocycles. The molecule has 2 rings (SSSR count). The molecule has 2 N–H and O–H groups in total. The molecule has 8 nitrogen and oxygen atoms in total. The molecule has 2 aliphatic rings. The number of carbonyl (C=O) groups is 1. The van der Waals surface area contributed by atoms with Gasteiger partial charge in [-0.25, -0.2) is 0 Å². The molecule has 0 saturated carbocycles. The van der Waals surface area contributed by atoms with E-state index in [1.807, 2.05) is 27.7 Å². The molecule has 2 saturated heterocycles. The van der Waals surface area contributed by atoms with Crippen molar-refractivity contribution in [3.05, 3.63) is 11.5 Å². The zero-order valence-electron chi connectivity index (χ0n) is 16.8. The Hall–Kier alpha value is -1.35. The molecule has 0 spiro atoms. The van der Waals surface area contributed by atoms with E-state index in [0.29, 0.717) is 25.7 Å². The molecule has 3 unspecified atom stereocenters. The van der Waals surface area contributed by atoms with Gasteiger partial charge in [0.25, 0.3) is 0 Å². The van der Waals surface area contributed by atoms with E-state index >= 15 is 0 Å². The van der Waals surface area contributed by atoms with Crippen molar-refractivity contribution in [3.63, 3.8) is 0 Å². The fourth-order valence-electron chi connectivity index (χ4n) is 3.36. The Balaban J connectivity index is 2.23.